The first-order valence-corrected chi connectivity index (χ1v) is 14.2. The molecule has 3 N–H and O–H groups in total. The second kappa shape index (κ2) is 10.2. The molecule has 6 rings (SSSR count). The van der Waals surface area contributed by atoms with Crippen molar-refractivity contribution < 1.29 is 22.7 Å². The Balaban J connectivity index is 1.12. The number of hydrogen-bond donors (Lipinski definition) is 3. The number of hydrazine groups is 1. The predicted octanol–water partition coefficient (Wildman–Crippen LogP) is 4.26. The maximum atomic E-state index is 12.7. The Hall–Kier alpha value is -3.33. The highest BCUT2D eigenvalue weighted by atomic mass is 32.2. The predicted molar refractivity (Wildman–Crippen MR) is 141 cm³/mol. The third kappa shape index (κ3) is 5.82. The molecule has 4 aliphatic carbocycles. The van der Waals surface area contributed by atoms with Crippen LogP contribution in [0.4, 0.5) is 5.69 Å². The number of methoxy groups -OCH3 is 1. The van der Waals surface area contributed by atoms with Gasteiger partial charge >= 0.3 is 0 Å². The van der Waals surface area contributed by atoms with E-state index in [1.165, 1.54) is 44.6 Å². The van der Waals surface area contributed by atoms with Gasteiger partial charge in [0.25, 0.3) is 15.9 Å². The monoisotopic (exact) mass is 523 g/mol. The molecule has 0 saturated heterocycles. The van der Waals surface area contributed by atoms with Gasteiger partial charge in [-0.1, -0.05) is 24.3 Å². The van der Waals surface area contributed by atoms with Crippen molar-refractivity contribution in [3.05, 3.63) is 60.2 Å². The van der Waals surface area contributed by atoms with Gasteiger partial charge in [-0.15, -0.1) is 0 Å². The van der Waals surface area contributed by atoms with E-state index in [1.807, 2.05) is 0 Å². The highest BCUT2D eigenvalue weighted by molar-refractivity contribution is 7.92. The first kappa shape index (κ1) is 25.3. The maximum Gasteiger partial charge on any atom is 0.262 e. The van der Waals surface area contributed by atoms with Crippen molar-refractivity contribution in [1.82, 2.24) is 10.9 Å². The first-order valence-electron chi connectivity index (χ1n) is 12.8. The third-order valence-electron chi connectivity index (χ3n) is 7.99. The normalized spacial score (nSPS) is 26.1. The number of ether oxygens (including phenoxy) is 1. The Morgan fingerprint density at radius 1 is 0.946 bits per heavy atom. The minimum Gasteiger partial charge on any atom is -0.495 e. The molecular formula is C28H33N3O5S. The number of para-hydroxylation sites is 2. The van der Waals surface area contributed by atoms with Gasteiger partial charge in [-0.3, -0.25) is 25.2 Å². The van der Waals surface area contributed by atoms with Crippen LogP contribution in [0, 0.1) is 23.2 Å². The molecule has 0 atom stereocenters. The van der Waals surface area contributed by atoms with Crippen LogP contribution < -0.4 is 20.3 Å². The van der Waals surface area contributed by atoms with Crippen LogP contribution in [0.5, 0.6) is 5.75 Å². The average molecular weight is 524 g/mol. The molecule has 37 heavy (non-hydrogen) atoms. The molecule has 0 aliphatic heterocycles. The fourth-order valence-electron chi connectivity index (χ4n) is 6.93. The number of carbonyl (C=O) groups is 2. The minimum absolute atomic E-state index is 0.0805. The van der Waals surface area contributed by atoms with E-state index in [0.717, 1.165) is 37.0 Å². The van der Waals surface area contributed by atoms with E-state index in [0.29, 0.717) is 23.4 Å². The van der Waals surface area contributed by atoms with Crippen LogP contribution in [-0.4, -0.2) is 27.3 Å². The summed E-state index contributed by atoms with van der Waals surface area (Å²) in [5, 5.41) is 0. The van der Waals surface area contributed by atoms with Gasteiger partial charge in [-0.05, 0) is 97.6 Å². The van der Waals surface area contributed by atoms with Crippen LogP contribution in [-0.2, 0) is 19.6 Å². The van der Waals surface area contributed by atoms with Crippen molar-refractivity contribution >= 4 is 33.6 Å². The molecule has 0 radical (unpaired) electrons. The van der Waals surface area contributed by atoms with Crippen molar-refractivity contribution in [2.45, 2.75) is 49.8 Å². The molecule has 4 saturated carbocycles. The van der Waals surface area contributed by atoms with E-state index >= 15 is 0 Å². The van der Waals surface area contributed by atoms with Crippen LogP contribution in [0.1, 0.15) is 50.5 Å². The summed E-state index contributed by atoms with van der Waals surface area (Å²) in [5.41, 5.74) is 6.13. The highest BCUT2D eigenvalue weighted by Gasteiger charge is 2.51. The van der Waals surface area contributed by atoms with Crippen molar-refractivity contribution in [2.24, 2.45) is 23.2 Å². The smallest absolute Gasteiger partial charge is 0.262 e. The zero-order valence-corrected chi connectivity index (χ0v) is 21.7. The van der Waals surface area contributed by atoms with Gasteiger partial charge in [-0.25, -0.2) is 8.42 Å². The van der Waals surface area contributed by atoms with Gasteiger partial charge in [-0.2, -0.15) is 0 Å². The lowest BCUT2D eigenvalue weighted by atomic mass is 9.49. The summed E-state index contributed by atoms with van der Waals surface area (Å²) in [5.74, 6) is 2.15. The third-order valence-corrected chi connectivity index (χ3v) is 9.38. The number of carbonyl (C=O) groups excluding carboxylic acids is 2. The number of anilines is 1. The Morgan fingerprint density at radius 3 is 2.19 bits per heavy atom. The zero-order valence-electron chi connectivity index (χ0n) is 20.9. The highest BCUT2D eigenvalue weighted by Crippen LogP contribution is 2.61. The molecule has 2 aromatic rings. The molecule has 2 amide bonds. The average Bonchev–Trinajstić information content (AvgIpc) is 2.85. The molecule has 8 nitrogen and oxygen atoms in total. The van der Waals surface area contributed by atoms with Gasteiger partial charge in [0.2, 0.25) is 5.91 Å². The van der Waals surface area contributed by atoms with E-state index in [9.17, 15) is 18.0 Å². The fourth-order valence-corrected chi connectivity index (χ4v) is 8.00. The van der Waals surface area contributed by atoms with Gasteiger partial charge in [0.1, 0.15) is 5.75 Å². The molecule has 9 heteroatoms. The summed E-state index contributed by atoms with van der Waals surface area (Å²) >= 11 is 0. The molecule has 196 valence electrons. The van der Waals surface area contributed by atoms with E-state index in [1.54, 1.807) is 42.5 Å². The van der Waals surface area contributed by atoms with E-state index in [2.05, 4.69) is 15.6 Å². The van der Waals surface area contributed by atoms with Crippen LogP contribution >= 0.6 is 0 Å². The minimum atomic E-state index is -3.81. The summed E-state index contributed by atoms with van der Waals surface area (Å²) in [6.45, 7) is 0. The van der Waals surface area contributed by atoms with Crippen LogP contribution in [0.3, 0.4) is 0 Å². The molecule has 0 spiro atoms. The molecule has 4 aliphatic rings. The standard InChI is InChI=1S/C28H33N3O5S/c1-36-25-5-3-2-4-24(25)31-37(34,35)23-9-6-19(7-10-23)8-11-26(32)29-30-27(33)18-28-15-20-12-21(16-28)14-22(13-20)17-28/h2-11,20-22,31H,12-18H2,1H3,(H,29,32)(H,30,33). The Morgan fingerprint density at radius 2 is 1.57 bits per heavy atom. The maximum absolute atomic E-state index is 12.7. The summed E-state index contributed by atoms with van der Waals surface area (Å²) in [6, 6.07) is 12.9. The number of hydrogen-bond acceptors (Lipinski definition) is 5. The van der Waals surface area contributed by atoms with Gasteiger partial charge < -0.3 is 4.74 Å². The van der Waals surface area contributed by atoms with Crippen molar-refractivity contribution in [2.75, 3.05) is 11.8 Å². The molecule has 0 aromatic heterocycles. The largest absolute Gasteiger partial charge is 0.495 e. The van der Waals surface area contributed by atoms with Gasteiger partial charge in [0.15, 0.2) is 0 Å². The number of amides is 2. The Kier molecular flexibility index (Phi) is 6.98. The van der Waals surface area contributed by atoms with Gasteiger partial charge in [0.05, 0.1) is 17.7 Å². The van der Waals surface area contributed by atoms with Crippen molar-refractivity contribution in [3.8, 4) is 5.75 Å². The van der Waals surface area contributed by atoms with Crippen molar-refractivity contribution in [3.63, 3.8) is 0 Å². The van der Waals surface area contributed by atoms with Crippen LogP contribution in [0.2, 0.25) is 0 Å². The quantitative estimate of drug-likeness (QED) is 0.353. The second-order valence-electron chi connectivity index (χ2n) is 10.8. The molecule has 2 aromatic carbocycles. The number of sulfonamides is 1. The van der Waals surface area contributed by atoms with Crippen LogP contribution in [0.15, 0.2) is 59.5 Å². The molecular weight excluding hydrogens is 490 g/mol. The summed E-state index contributed by atoms with van der Waals surface area (Å²) in [7, 11) is -2.34. The van der Waals surface area contributed by atoms with Crippen LogP contribution in [0.25, 0.3) is 6.08 Å². The van der Waals surface area contributed by atoms with Gasteiger partial charge in [0, 0.05) is 12.5 Å². The Bertz CT molecular complexity index is 1270. The van der Waals surface area contributed by atoms with Crippen molar-refractivity contribution in [1.29, 1.82) is 0 Å². The molecule has 0 unspecified atom stereocenters. The lowest BCUT2D eigenvalue weighted by Crippen LogP contribution is -2.49. The van der Waals surface area contributed by atoms with E-state index < -0.39 is 15.9 Å². The lowest BCUT2D eigenvalue weighted by molar-refractivity contribution is -0.133. The molecule has 4 fully saturated rings. The lowest BCUT2D eigenvalue weighted by Gasteiger charge is -2.56. The fraction of sp³-hybridized carbons (Fsp3) is 0.429. The number of benzene rings is 2. The first-order chi connectivity index (χ1) is 17.7. The SMILES string of the molecule is COc1ccccc1NS(=O)(=O)c1ccc(C=CC(=O)NNC(=O)CC23CC4CC(CC(C4)C2)C3)cc1. The second-order valence-corrected chi connectivity index (χ2v) is 12.5. The number of nitrogens with one attached hydrogen (secondary N) is 3. The summed E-state index contributed by atoms with van der Waals surface area (Å²) in [6.07, 6.45) is 10.7. The summed E-state index contributed by atoms with van der Waals surface area (Å²) < 4.78 is 33.2. The number of rotatable bonds is 8. The zero-order chi connectivity index (χ0) is 26.0. The molecule has 4 bridgehead atoms. The topological polar surface area (TPSA) is 114 Å². The van der Waals surface area contributed by atoms with E-state index in [-0.39, 0.29) is 16.2 Å². The van der Waals surface area contributed by atoms with E-state index in [4.69, 9.17) is 4.74 Å². The molecule has 0 heterocycles. The Labute approximate surface area is 217 Å². The summed E-state index contributed by atoms with van der Waals surface area (Å²) in [4.78, 5) is 24.9.